The van der Waals surface area contributed by atoms with Crippen molar-refractivity contribution in [2.45, 2.75) is 6.10 Å². The first-order chi connectivity index (χ1) is 7.18. The monoisotopic (exact) mass is 227 g/mol. The highest BCUT2D eigenvalue weighted by atomic mass is 32.1. The van der Waals surface area contributed by atoms with Gasteiger partial charge in [-0.15, -0.1) is 11.3 Å². The summed E-state index contributed by atoms with van der Waals surface area (Å²) in [5, 5.41) is 9.78. The number of rotatable bonds is 2. The molecule has 0 fully saturated rings. The Hall–Kier alpha value is -1.33. The molecular formula is C10H7F2NOS. The molecule has 1 unspecified atom stereocenters. The Morgan fingerprint density at radius 1 is 1.27 bits per heavy atom. The number of hydrogen-bond acceptors (Lipinski definition) is 3. The van der Waals surface area contributed by atoms with Gasteiger partial charge in [0.15, 0.2) is 11.6 Å². The molecular weight excluding hydrogens is 220 g/mol. The third-order valence-corrected chi connectivity index (χ3v) is 2.81. The molecule has 0 radical (unpaired) electrons. The zero-order valence-electron chi connectivity index (χ0n) is 7.52. The van der Waals surface area contributed by atoms with Gasteiger partial charge in [-0.1, -0.05) is 6.07 Å². The van der Waals surface area contributed by atoms with E-state index in [-0.39, 0.29) is 0 Å². The van der Waals surface area contributed by atoms with Crippen LogP contribution in [0.3, 0.4) is 0 Å². The van der Waals surface area contributed by atoms with Crippen molar-refractivity contribution in [2.24, 2.45) is 0 Å². The second-order valence-corrected chi connectivity index (χ2v) is 3.90. The average molecular weight is 227 g/mol. The van der Waals surface area contributed by atoms with Crippen LogP contribution in [-0.4, -0.2) is 10.1 Å². The zero-order chi connectivity index (χ0) is 10.8. The van der Waals surface area contributed by atoms with Gasteiger partial charge in [-0.25, -0.2) is 8.78 Å². The van der Waals surface area contributed by atoms with Crippen molar-refractivity contribution in [3.8, 4) is 0 Å². The van der Waals surface area contributed by atoms with Gasteiger partial charge in [-0.3, -0.25) is 4.98 Å². The maximum atomic E-state index is 12.9. The Labute approximate surface area is 88.8 Å². The minimum Gasteiger partial charge on any atom is -0.383 e. The third-order valence-electron chi connectivity index (χ3n) is 1.98. The fraction of sp³-hybridized carbons (Fsp3) is 0.100. The van der Waals surface area contributed by atoms with Crippen molar-refractivity contribution in [3.63, 3.8) is 0 Å². The maximum absolute atomic E-state index is 12.9. The molecule has 1 N–H and O–H groups in total. The van der Waals surface area contributed by atoms with Gasteiger partial charge in [0, 0.05) is 6.20 Å². The van der Waals surface area contributed by atoms with Gasteiger partial charge in [-0.2, -0.15) is 0 Å². The molecule has 78 valence electrons. The molecule has 1 atom stereocenters. The van der Waals surface area contributed by atoms with Crippen LogP contribution in [0.4, 0.5) is 8.78 Å². The van der Waals surface area contributed by atoms with Gasteiger partial charge in [0.2, 0.25) is 0 Å². The molecule has 0 aliphatic heterocycles. The van der Waals surface area contributed by atoms with Gasteiger partial charge in [-0.05, 0) is 17.7 Å². The Morgan fingerprint density at radius 2 is 2.07 bits per heavy atom. The second kappa shape index (κ2) is 4.04. The van der Waals surface area contributed by atoms with Gasteiger partial charge in [0.05, 0.1) is 10.4 Å². The summed E-state index contributed by atoms with van der Waals surface area (Å²) in [6, 6.07) is 3.33. The lowest BCUT2D eigenvalue weighted by Crippen LogP contribution is -1.98. The highest BCUT2D eigenvalue weighted by Gasteiger charge is 2.13. The van der Waals surface area contributed by atoms with Crippen molar-refractivity contribution in [1.29, 1.82) is 0 Å². The Balaban J connectivity index is 2.34. The first-order valence-corrected chi connectivity index (χ1v) is 5.08. The van der Waals surface area contributed by atoms with Crippen molar-refractivity contribution in [3.05, 3.63) is 52.0 Å². The van der Waals surface area contributed by atoms with Gasteiger partial charge in [0.1, 0.15) is 6.10 Å². The number of thiazole rings is 1. The zero-order valence-corrected chi connectivity index (χ0v) is 8.34. The van der Waals surface area contributed by atoms with E-state index in [1.54, 1.807) is 5.51 Å². The van der Waals surface area contributed by atoms with E-state index in [1.165, 1.54) is 23.6 Å². The first-order valence-electron chi connectivity index (χ1n) is 4.20. The van der Waals surface area contributed by atoms with Crippen molar-refractivity contribution >= 4 is 11.3 Å². The predicted molar refractivity (Wildman–Crippen MR) is 52.5 cm³/mol. The van der Waals surface area contributed by atoms with Crippen LogP contribution in [0.25, 0.3) is 0 Å². The number of halogens is 2. The van der Waals surface area contributed by atoms with Crippen LogP contribution in [0.15, 0.2) is 29.9 Å². The molecule has 2 aromatic rings. The first kappa shape index (κ1) is 10.2. The molecule has 0 aliphatic carbocycles. The van der Waals surface area contributed by atoms with Crippen LogP contribution in [0.5, 0.6) is 0 Å². The molecule has 0 amide bonds. The maximum Gasteiger partial charge on any atom is 0.159 e. The molecule has 0 aliphatic rings. The normalized spacial score (nSPS) is 12.7. The van der Waals surface area contributed by atoms with Gasteiger partial charge < -0.3 is 5.11 Å². The second-order valence-electron chi connectivity index (χ2n) is 2.98. The van der Waals surface area contributed by atoms with Crippen molar-refractivity contribution in [1.82, 2.24) is 4.98 Å². The van der Waals surface area contributed by atoms with Crippen LogP contribution in [0.2, 0.25) is 0 Å². The van der Waals surface area contributed by atoms with E-state index in [4.69, 9.17) is 0 Å². The largest absolute Gasteiger partial charge is 0.383 e. The standard InChI is InChI=1S/C10H7F2NOS/c11-7-2-1-6(3-8(7)12)10(14)9-4-13-5-15-9/h1-5,10,14H. The summed E-state index contributed by atoms with van der Waals surface area (Å²) >= 11 is 1.26. The van der Waals surface area contributed by atoms with Crippen molar-refractivity contribution in [2.75, 3.05) is 0 Å². The minimum absolute atomic E-state index is 0.318. The number of hydrogen-bond donors (Lipinski definition) is 1. The van der Waals surface area contributed by atoms with Crippen LogP contribution in [0, 0.1) is 11.6 Å². The van der Waals surface area contributed by atoms with E-state index in [1.807, 2.05) is 0 Å². The molecule has 0 saturated heterocycles. The van der Waals surface area contributed by atoms with E-state index < -0.39 is 17.7 Å². The predicted octanol–water partition coefficient (Wildman–Crippen LogP) is 2.50. The molecule has 1 aromatic carbocycles. The van der Waals surface area contributed by atoms with E-state index in [9.17, 15) is 13.9 Å². The van der Waals surface area contributed by atoms with Crippen molar-refractivity contribution < 1.29 is 13.9 Å². The van der Waals surface area contributed by atoms with E-state index in [0.717, 1.165) is 12.1 Å². The number of aliphatic hydroxyl groups is 1. The third kappa shape index (κ3) is 2.03. The SMILES string of the molecule is OC(c1ccc(F)c(F)c1)c1cncs1. The highest BCUT2D eigenvalue weighted by Crippen LogP contribution is 2.25. The van der Waals surface area contributed by atoms with Crippen LogP contribution < -0.4 is 0 Å². The molecule has 0 bridgehead atoms. The summed E-state index contributed by atoms with van der Waals surface area (Å²) in [5.41, 5.74) is 1.89. The summed E-state index contributed by atoms with van der Waals surface area (Å²) in [4.78, 5) is 4.40. The number of nitrogens with zero attached hydrogens (tertiary/aromatic N) is 1. The average Bonchev–Trinajstić information content (AvgIpc) is 2.74. The van der Waals surface area contributed by atoms with E-state index in [0.29, 0.717) is 10.4 Å². The fourth-order valence-corrected chi connectivity index (χ4v) is 1.84. The highest BCUT2D eigenvalue weighted by molar-refractivity contribution is 7.09. The summed E-state index contributed by atoms with van der Waals surface area (Å²) in [5.74, 6) is -1.88. The number of aliphatic hydroxyl groups excluding tert-OH is 1. The fourth-order valence-electron chi connectivity index (χ4n) is 1.21. The Bertz CT molecular complexity index is 458. The molecule has 2 nitrogen and oxygen atoms in total. The molecule has 1 aromatic heterocycles. The van der Waals surface area contributed by atoms with Crippen LogP contribution in [0.1, 0.15) is 16.5 Å². The molecule has 0 spiro atoms. The lowest BCUT2D eigenvalue weighted by atomic mass is 10.1. The topological polar surface area (TPSA) is 33.1 Å². The smallest absolute Gasteiger partial charge is 0.159 e. The molecule has 2 rings (SSSR count). The van der Waals surface area contributed by atoms with Crippen LogP contribution >= 0.6 is 11.3 Å². The van der Waals surface area contributed by atoms with Gasteiger partial charge >= 0.3 is 0 Å². The molecule has 15 heavy (non-hydrogen) atoms. The lowest BCUT2D eigenvalue weighted by Gasteiger charge is -2.08. The summed E-state index contributed by atoms with van der Waals surface area (Å²) in [6.07, 6.45) is 0.545. The molecule has 1 heterocycles. The Morgan fingerprint density at radius 3 is 2.67 bits per heavy atom. The van der Waals surface area contributed by atoms with Gasteiger partial charge in [0.25, 0.3) is 0 Å². The van der Waals surface area contributed by atoms with E-state index >= 15 is 0 Å². The lowest BCUT2D eigenvalue weighted by molar-refractivity contribution is 0.223. The quantitative estimate of drug-likeness (QED) is 0.855. The summed E-state index contributed by atoms with van der Waals surface area (Å²) < 4.78 is 25.5. The van der Waals surface area contributed by atoms with E-state index in [2.05, 4.69) is 4.98 Å². The summed E-state index contributed by atoms with van der Waals surface area (Å²) in [7, 11) is 0. The molecule has 5 heteroatoms. The van der Waals surface area contributed by atoms with Crippen LogP contribution in [-0.2, 0) is 0 Å². The summed E-state index contributed by atoms with van der Waals surface area (Å²) in [6.45, 7) is 0. The minimum atomic E-state index is -0.962. The molecule has 0 saturated carbocycles. The number of benzene rings is 1. The number of aromatic nitrogens is 1. The Kier molecular flexibility index (Phi) is 2.75.